The van der Waals surface area contributed by atoms with Gasteiger partial charge in [-0.1, -0.05) is 0 Å². The second kappa shape index (κ2) is 6.37. The van der Waals surface area contributed by atoms with Crippen molar-refractivity contribution in [3.8, 4) is 0 Å². The van der Waals surface area contributed by atoms with E-state index in [1.165, 1.54) is 0 Å². The lowest BCUT2D eigenvalue weighted by Crippen LogP contribution is -2.26. The molecule has 82 valence electrons. The highest BCUT2D eigenvalue weighted by atomic mass is 16.5. The average Bonchev–Trinajstić information content (AvgIpc) is 2.01. The number of hydrogen-bond donors (Lipinski definition) is 2. The first kappa shape index (κ1) is 12.9. The molecule has 0 spiro atoms. The predicted molar refractivity (Wildman–Crippen MR) is 49.1 cm³/mol. The molecule has 0 aliphatic rings. The van der Waals surface area contributed by atoms with Crippen LogP contribution >= 0.6 is 0 Å². The maximum absolute atomic E-state index is 10.5. The zero-order valence-electron chi connectivity index (χ0n) is 8.40. The van der Waals surface area contributed by atoms with Crippen molar-refractivity contribution in [2.24, 2.45) is 5.92 Å². The third-order valence-electron chi connectivity index (χ3n) is 1.97. The van der Waals surface area contributed by atoms with Gasteiger partial charge in [-0.25, -0.2) is 0 Å². The van der Waals surface area contributed by atoms with Gasteiger partial charge in [0, 0.05) is 12.5 Å². The van der Waals surface area contributed by atoms with E-state index < -0.39 is 17.9 Å². The molecule has 0 heterocycles. The molecule has 0 amide bonds. The molecule has 0 aliphatic heterocycles. The Morgan fingerprint density at radius 1 is 1.21 bits per heavy atom. The van der Waals surface area contributed by atoms with Gasteiger partial charge >= 0.3 is 11.9 Å². The first-order chi connectivity index (χ1) is 6.47. The van der Waals surface area contributed by atoms with E-state index in [2.05, 4.69) is 0 Å². The lowest BCUT2D eigenvalue weighted by Gasteiger charge is -2.20. The number of rotatable bonds is 7. The zero-order chi connectivity index (χ0) is 11.1. The molecule has 5 heteroatoms. The quantitative estimate of drug-likeness (QED) is 0.645. The Labute approximate surface area is 82.7 Å². The summed E-state index contributed by atoms with van der Waals surface area (Å²) in [4.78, 5) is 20.9. The summed E-state index contributed by atoms with van der Waals surface area (Å²) in [7, 11) is 0. The lowest BCUT2D eigenvalue weighted by molar-refractivity contribution is -0.143. The monoisotopic (exact) mass is 204 g/mol. The van der Waals surface area contributed by atoms with Gasteiger partial charge in [0.2, 0.25) is 0 Å². The largest absolute Gasteiger partial charge is 0.481 e. The van der Waals surface area contributed by atoms with E-state index in [0.717, 1.165) is 0 Å². The van der Waals surface area contributed by atoms with Gasteiger partial charge in [-0.15, -0.1) is 0 Å². The number of ether oxygens (including phenoxy) is 1. The van der Waals surface area contributed by atoms with Crippen molar-refractivity contribution in [2.45, 2.75) is 32.8 Å². The van der Waals surface area contributed by atoms with Crippen LogP contribution in [0.15, 0.2) is 0 Å². The van der Waals surface area contributed by atoms with Gasteiger partial charge in [-0.05, 0) is 13.8 Å². The lowest BCUT2D eigenvalue weighted by atomic mass is 9.96. The summed E-state index contributed by atoms with van der Waals surface area (Å²) >= 11 is 0. The molecule has 1 atom stereocenters. The van der Waals surface area contributed by atoms with Crippen LogP contribution in [0.2, 0.25) is 0 Å². The third-order valence-corrected chi connectivity index (χ3v) is 1.97. The van der Waals surface area contributed by atoms with E-state index in [1.807, 2.05) is 0 Å². The molecule has 0 aromatic rings. The Bertz CT molecular complexity index is 185. The van der Waals surface area contributed by atoms with E-state index in [1.54, 1.807) is 13.8 Å². The van der Waals surface area contributed by atoms with E-state index >= 15 is 0 Å². The first-order valence-electron chi connectivity index (χ1n) is 4.52. The van der Waals surface area contributed by atoms with Gasteiger partial charge in [-0.3, -0.25) is 9.59 Å². The Kier molecular flexibility index (Phi) is 5.87. The molecule has 0 aliphatic carbocycles. The minimum atomic E-state index is -0.997. The van der Waals surface area contributed by atoms with Gasteiger partial charge in [0.1, 0.15) is 0 Å². The minimum Gasteiger partial charge on any atom is -0.481 e. The predicted octanol–water partition coefficient (Wildman–Crippen LogP) is 0.977. The van der Waals surface area contributed by atoms with Crippen molar-refractivity contribution in [3.05, 3.63) is 0 Å². The molecule has 0 fully saturated rings. The fraction of sp³-hybridized carbons (Fsp3) is 0.778. The van der Waals surface area contributed by atoms with Gasteiger partial charge in [0.05, 0.1) is 18.9 Å². The second-order valence-electron chi connectivity index (χ2n) is 3.12. The second-order valence-corrected chi connectivity index (χ2v) is 3.12. The van der Waals surface area contributed by atoms with Crippen molar-refractivity contribution < 1.29 is 24.5 Å². The summed E-state index contributed by atoms with van der Waals surface area (Å²) in [5.41, 5.74) is 0. The van der Waals surface area contributed by atoms with Crippen LogP contribution in [-0.4, -0.2) is 34.9 Å². The summed E-state index contributed by atoms with van der Waals surface area (Å²) in [5.74, 6) is -2.46. The molecule has 2 N–H and O–H groups in total. The molecule has 0 radical (unpaired) electrons. The van der Waals surface area contributed by atoms with Crippen LogP contribution in [0, 0.1) is 5.92 Å². The summed E-state index contributed by atoms with van der Waals surface area (Å²) in [6.07, 6.45) is -0.687. The van der Waals surface area contributed by atoms with E-state index in [0.29, 0.717) is 6.61 Å². The molecule has 5 nitrogen and oxygen atoms in total. The van der Waals surface area contributed by atoms with Crippen LogP contribution in [0.5, 0.6) is 0 Å². The summed E-state index contributed by atoms with van der Waals surface area (Å²) in [5, 5.41) is 17.1. The van der Waals surface area contributed by atoms with Crippen LogP contribution in [0.1, 0.15) is 26.7 Å². The fourth-order valence-electron chi connectivity index (χ4n) is 1.25. The highest BCUT2D eigenvalue weighted by molar-refractivity contribution is 5.70. The average molecular weight is 204 g/mol. The fourth-order valence-corrected chi connectivity index (χ4v) is 1.25. The highest BCUT2D eigenvalue weighted by Crippen LogP contribution is 2.16. The van der Waals surface area contributed by atoms with Crippen LogP contribution in [0.25, 0.3) is 0 Å². The number of carbonyl (C=O) groups is 2. The number of hydrogen-bond acceptors (Lipinski definition) is 3. The normalized spacial score (nSPS) is 12.8. The third kappa shape index (κ3) is 5.53. The van der Waals surface area contributed by atoms with Crippen molar-refractivity contribution in [1.82, 2.24) is 0 Å². The van der Waals surface area contributed by atoms with E-state index in [9.17, 15) is 9.59 Å². The van der Waals surface area contributed by atoms with Crippen molar-refractivity contribution >= 4 is 11.9 Å². The maximum Gasteiger partial charge on any atom is 0.303 e. The Morgan fingerprint density at radius 3 is 1.93 bits per heavy atom. The first-order valence-corrected chi connectivity index (χ1v) is 4.52. The van der Waals surface area contributed by atoms with Gasteiger partial charge < -0.3 is 14.9 Å². The molecule has 0 bridgehead atoms. The van der Waals surface area contributed by atoms with E-state index in [4.69, 9.17) is 14.9 Å². The number of carboxylic acid groups (broad SMARTS) is 2. The molecule has 0 rings (SSSR count). The minimum absolute atomic E-state index is 0.173. The molecule has 0 saturated heterocycles. The summed E-state index contributed by atoms with van der Waals surface area (Å²) in [6, 6.07) is 0. The smallest absolute Gasteiger partial charge is 0.303 e. The maximum atomic E-state index is 10.5. The molecule has 1 unspecified atom stereocenters. The van der Waals surface area contributed by atoms with Gasteiger partial charge in [0.25, 0.3) is 0 Å². The van der Waals surface area contributed by atoms with Crippen LogP contribution in [-0.2, 0) is 14.3 Å². The SMILES string of the molecule is CCOC(C)C(CC(=O)O)CC(=O)O. The Morgan fingerprint density at radius 2 is 1.64 bits per heavy atom. The summed E-state index contributed by atoms with van der Waals surface area (Å²) < 4.78 is 5.18. The topological polar surface area (TPSA) is 83.8 Å². The number of carboxylic acids is 2. The molecule has 0 saturated carbocycles. The Hall–Kier alpha value is -1.10. The molecular weight excluding hydrogens is 188 g/mol. The molecule has 0 aromatic heterocycles. The molecular formula is C9H16O5. The Balaban J connectivity index is 4.21. The van der Waals surface area contributed by atoms with E-state index in [-0.39, 0.29) is 18.9 Å². The van der Waals surface area contributed by atoms with Crippen molar-refractivity contribution in [1.29, 1.82) is 0 Å². The van der Waals surface area contributed by atoms with Crippen LogP contribution in [0.4, 0.5) is 0 Å². The van der Waals surface area contributed by atoms with Crippen LogP contribution in [0.3, 0.4) is 0 Å². The summed E-state index contributed by atoms with van der Waals surface area (Å²) in [6.45, 7) is 3.94. The molecule has 0 aromatic carbocycles. The zero-order valence-corrected chi connectivity index (χ0v) is 8.40. The van der Waals surface area contributed by atoms with Crippen molar-refractivity contribution in [3.63, 3.8) is 0 Å². The van der Waals surface area contributed by atoms with Gasteiger partial charge in [-0.2, -0.15) is 0 Å². The van der Waals surface area contributed by atoms with Crippen LogP contribution < -0.4 is 0 Å². The highest BCUT2D eigenvalue weighted by Gasteiger charge is 2.23. The molecule has 14 heavy (non-hydrogen) atoms. The van der Waals surface area contributed by atoms with Crippen molar-refractivity contribution in [2.75, 3.05) is 6.61 Å². The van der Waals surface area contributed by atoms with Gasteiger partial charge in [0.15, 0.2) is 0 Å². The standard InChI is InChI=1S/C9H16O5/c1-3-14-6(2)7(4-8(10)11)5-9(12)13/h6-7H,3-5H2,1-2H3,(H,10,11)(H,12,13). The number of aliphatic carboxylic acids is 2.